The molecule has 7 heteroatoms. The molecule has 0 spiro atoms. The Hall–Kier alpha value is -2.87. The van der Waals surface area contributed by atoms with Gasteiger partial charge in [0.15, 0.2) is 0 Å². The van der Waals surface area contributed by atoms with Crippen molar-refractivity contribution >= 4 is 21.4 Å². The van der Waals surface area contributed by atoms with Crippen LogP contribution in [0.25, 0.3) is 0 Å². The van der Waals surface area contributed by atoms with Gasteiger partial charge in [-0.1, -0.05) is 42.0 Å². The average molecular weight is 453 g/mol. The molecule has 0 aliphatic carbocycles. The predicted molar refractivity (Wildman–Crippen MR) is 133 cm³/mol. The van der Waals surface area contributed by atoms with Gasteiger partial charge in [-0.3, -0.25) is 0 Å². The summed E-state index contributed by atoms with van der Waals surface area (Å²) in [6.45, 7) is 1.92. The fourth-order valence-corrected chi connectivity index (χ4v) is 4.72. The monoisotopic (exact) mass is 452 g/mol. The van der Waals surface area contributed by atoms with E-state index < -0.39 is 22.1 Å². The van der Waals surface area contributed by atoms with Gasteiger partial charge in [-0.05, 0) is 54.4 Å². The number of rotatable bonds is 8. The van der Waals surface area contributed by atoms with E-state index in [0.29, 0.717) is 0 Å². The number of benzene rings is 3. The summed E-state index contributed by atoms with van der Waals surface area (Å²) < 4.78 is 29.3. The lowest BCUT2D eigenvalue weighted by Crippen LogP contribution is -2.36. The molecular formula is C25H32N4O2S. The van der Waals surface area contributed by atoms with Crippen LogP contribution in [0.5, 0.6) is 0 Å². The van der Waals surface area contributed by atoms with E-state index in [0.717, 1.165) is 28.1 Å². The highest BCUT2D eigenvalue weighted by molar-refractivity contribution is 7.89. The summed E-state index contributed by atoms with van der Waals surface area (Å²) in [6, 6.07) is 21.2. The van der Waals surface area contributed by atoms with Crippen LogP contribution >= 0.6 is 0 Å². The van der Waals surface area contributed by atoms with E-state index in [1.54, 1.807) is 24.3 Å². The van der Waals surface area contributed by atoms with Crippen molar-refractivity contribution in [1.29, 1.82) is 0 Å². The van der Waals surface area contributed by atoms with Crippen LogP contribution in [0.2, 0.25) is 0 Å². The maximum atomic E-state index is 13.2. The Bertz CT molecular complexity index is 1120. The Labute approximate surface area is 191 Å². The third-order valence-corrected chi connectivity index (χ3v) is 6.99. The van der Waals surface area contributed by atoms with E-state index in [1.165, 1.54) is 0 Å². The second-order valence-electron chi connectivity index (χ2n) is 8.41. The highest BCUT2D eigenvalue weighted by atomic mass is 32.2. The molecule has 0 radical (unpaired) electrons. The summed E-state index contributed by atoms with van der Waals surface area (Å²) in [5.41, 5.74) is 11.4. The summed E-state index contributed by atoms with van der Waals surface area (Å²) in [6.07, 6.45) is 0. The van der Waals surface area contributed by atoms with E-state index in [1.807, 2.05) is 93.4 Å². The first-order valence-electron chi connectivity index (χ1n) is 10.5. The number of hydrogen-bond acceptors (Lipinski definition) is 5. The molecule has 0 amide bonds. The number of hydrogen-bond donors (Lipinski definition) is 2. The molecule has 0 aromatic heterocycles. The molecule has 0 bridgehead atoms. The van der Waals surface area contributed by atoms with Gasteiger partial charge in [0.25, 0.3) is 0 Å². The van der Waals surface area contributed by atoms with Crippen molar-refractivity contribution in [3.63, 3.8) is 0 Å². The molecule has 0 unspecified atom stereocenters. The van der Waals surface area contributed by atoms with Gasteiger partial charge in [0.2, 0.25) is 10.0 Å². The van der Waals surface area contributed by atoms with Gasteiger partial charge in [-0.15, -0.1) is 0 Å². The first-order valence-corrected chi connectivity index (χ1v) is 12.0. The Balaban J connectivity index is 1.99. The molecule has 0 fully saturated rings. The van der Waals surface area contributed by atoms with Gasteiger partial charge in [-0.25, -0.2) is 13.1 Å². The fourth-order valence-electron chi connectivity index (χ4n) is 3.47. The van der Waals surface area contributed by atoms with Crippen LogP contribution in [0, 0.1) is 6.92 Å². The smallest absolute Gasteiger partial charge is 0.241 e. The first-order chi connectivity index (χ1) is 15.1. The summed E-state index contributed by atoms with van der Waals surface area (Å²) in [5.74, 6) is 0. The number of nitrogens with two attached hydrogens (primary N) is 1. The highest BCUT2D eigenvalue weighted by Gasteiger charge is 2.27. The van der Waals surface area contributed by atoms with E-state index in [4.69, 9.17) is 5.73 Å². The van der Waals surface area contributed by atoms with E-state index in [2.05, 4.69) is 4.72 Å². The summed E-state index contributed by atoms with van der Waals surface area (Å²) in [5, 5.41) is 0. The maximum Gasteiger partial charge on any atom is 0.241 e. The second kappa shape index (κ2) is 9.73. The number of aryl methyl sites for hydroxylation is 1. The van der Waals surface area contributed by atoms with Gasteiger partial charge in [0, 0.05) is 39.6 Å². The minimum atomic E-state index is -3.77. The van der Waals surface area contributed by atoms with Crippen LogP contribution < -0.4 is 20.3 Å². The lowest BCUT2D eigenvalue weighted by Gasteiger charge is -2.27. The fraction of sp³-hybridized carbons (Fsp3) is 0.280. The molecule has 0 saturated carbocycles. The Morgan fingerprint density at radius 3 is 1.59 bits per heavy atom. The molecule has 3 aromatic carbocycles. The zero-order chi connectivity index (χ0) is 23.5. The second-order valence-corrected chi connectivity index (χ2v) is 10.1. The molecule has 0 heterocycles. The summed E-state index contributed by atoms with van der Waals surface area (Å²) in [7, 11) is 4.10. The Morgan fingerprint density at radius 2 is 1.16 bits per heavy atom. The molecular weight excluding hydrogens is 420 g/mol. The van der Waals surface area contributed by atoms with Gasteiger partial charge < -0.3 is 15.5 Å². The minimum absolute atomic E-state index is 0.216. The number of anilines is 2. The Morgan fingerprint density at radius 1 is 0.719 bits per heavy atom. The largest absolute Gasteiger partial charge is 0.378 e. The normalized spacial score (nSPS) is 13.4. The van der Waals surface area contributed by atoms with Crippen molar-refractivity contribution in [2.45, 2.75) is 23.9 Å². The van der Waals surface area contributed by atoms with Gasteiger partial charge in [-0.2, -0.15) is 0 Å². The van der Waals surface area contributed by atoms with Crippen molar-refractivity contribution in [1.82, 2.24) is 4.72 Å². The molecule has 3 rings (SSSR count). The highest BCUT2D eigenvalue weighted by Crippen LogP contribution is 2.31. The van der Waals surface area contributed by atoms with Crippen LogP contribution in [-0.4, -0.2) is 36.6 Å². The van der Waals surface area contributed by atoms with Crippen LogP contribution in [0.3, 0.4) is 0 Å². The number of nitrogens with one attached hydrogen (secondary N) is 1. The first kappa shape index (κ1) is 23.8. The van der Waals surface area contributed by atoms with Gasteiger partial charge in [0.05, 0.1) is 17.0 Å². The van der Waals surface area contributed by atoms with Gasteiger partial charge >= 0.3 is 0 Å². The Kier molecular flexibility index (Phi) is 7.23. The molecule has 32 heavy (non-hydrogen) atoms. The zero-order valence-corrected chi connectivity index (χ0v) is 20.1. The van der Waals surface area contributed by atoms with Crippen molar-refractivity contribution in [2.24, 2.45) is 5.73 Å². The topological polar surface area (TPSA) is 78.7 Å². The van der Waals surface area contributed by atoms with Crippen molar-refractivity contribution < 1.29 is 8.42 Å². The van der Waals surface area contributed by atoms with Gasteiger partial charge in [0.1, 0.15) is 0 Å². The summed E-state index contributed by atoms with van der Waals surface area (Å²) >= 11 is 0. The van der Waals surface area contributed by atoms with E-state index >= 15 is 0 Å². The van der Waals surface area contributed by atoms with Crippen LogP contribution in [-0.2, 0) is 10.0 Å². The van der Waals surface area contributed by atoms with Crippen molar-refractivity contribution in [2.75, 3.05) is 38.0 Å². The average Bonchev–Trinajstić information content (AvgIpc) is 2.77. The minimum Gasteiger partial charge on any atom is -0.378 e. The number of sulfonamides is 1. The zero-order valence-electron chi connectivity index (χ0n) is 19.3. The maximum absolute atomic E-state index is 13.2. The van der Waals surface area contributed by atoms with Crippen LogP contribution in [0.1, 0.15) is 28.8 Å². The molecule has 0 aliphatic rings. The SMILES string of the molecule is Cc1ccc(S(=O)(=O)N[C@H](c2ccc(N(C)C)cc2)[C@H](N)c2ccc(N(C)C)cc2)cc1. The van der Waals surface area contributed by atoms with Crippen molar-refractivity contribution in [3.8, 4) is 0 Å². The number of nitrogens with zero attached hydrogens (tertiary/aromatic N) is 2. The molecule has 0 saturated heterocycles. The quantitative estimate of drug-likeness (QED) is 0.543. The third kappa shape index (κ3) is 5.48. The lowest BCUT2D eigenvalue weighted by molar-refractivity contribution is 0.504. The molecule has 3 N–H and O–H groups in total. The van der Waals surface area contributed by atoms with Crippen LogP contribution in [0.15, 0.2) is 77.7 Å². The van der Waals surface area contributed by atoms with Crippen LogP contribution in [0.4, 0.5) is 11.4 Å². The predicted octanol–water partition coefficient (Wildman–Crippen LogP) is 3.85. The standard InChI is InChI=1S/C25H32N4O2S/c1-18-6-16-23(17-7-18)32(30,31)27-25(20-10-14-22(15-11-20)29(4)5)24(26)19-8-12-21(13-9-19)28(2)3/h6-17,24-25,27H,26H2,1-5H3/t24-,25-/m1/s1. The molecule has 2 atom stereocenters. The van der Waals surface area contributed by atoms with E-state index in [-0.39, 0.29) is 4.90 Å². The van der Waals surface area contributed by atoms with Crippen molar-refractivity contribution in [3.05, 3.63) is 89.5 Å². The molecule has 170 valence electrons. The molecule has 0 aliphatic heterocycles. The van der Waals surface area contributed by atoms with E-state index in [9.17, 15) is 8.42 Å². The molecule has 6 nitrogen and oxygen atoms in total. The molecule has 3 aromatic rings. The third-order valence-electron chi connectivity index (χ3n) is 5.54. The summed E-state index contributed by atoms with van der Waals surface area (Å²) in [4.78, 5) is 4.22. The lowest BCUT2D eigenvalue weighted by atomic mass is 9.94.